The van der Waals surface area contributed by atoms with E-state index < -0.39 is 0 Å². The predicted molar refractivity (Wildman–Crippen MR) is 92.0 cm³/mol. The standard InChI is InChI=1S/C19H31NO2/c1-4-10-17(11-5-2)20-14-15-22-19(21)18(6-3)16-12-8-7-9-13-16/h7-9,12-13,17-18,20H,4-6,10-11,14-15H2,1-3H3. The Kier molecular flexibility index (Phi) is 9.56. The molecule has 1 unspecified atom stereocenters. The molecule has 1 aromatic carbocycles. The van der Waals surface area contributed by atoms with Gasteiger partial charge in [-0.2, -0.15) is 0 Å². The van der Waals surface area contributed by atoms with Gasteiger partial charge in [0.25, 0.3) is 0 Å². The van der Waals surface area contributed by atoms with Crippen LogP contribution in [0, 0.1) is 0 Å². The number of nitrogens with one attached hydrogen (secondary N) is 1. The van der Waals surface area contributed by atoms with Crippen LogP contribution in [0.15, 0.2) is 30.3 Å². The van der Waals surface area contributed by atoms with Crippen LogP contribution in [-0.4, -0.2) is 25.2 Å². The van der Waals surface area contributed by atoms with E-state index in [0.29, 0.717) is 12.6 Å². The van der Waals surface area contributed by atoms with Gasteiger partial charge in [0.2, 0.25) is 0 Å². The van der Waals surface area contributed by atoms with Crippen LogP contribution < -0.4 is 5.32 Å². The number of ether oxygens (including phenoxy) is 1. The van der Waals surface area contributed by atoms with Crippen LogP contribution in [-0.2, 0) is 9.53 Å². The lowest BCUT2D eigenvalue weighted by Gasteiger charge is -2.18. The lowest BCUT2D eigenvalue weighted by Crippen LogP contribution is -2.32. The minimum absolute atomic E-state index is 0.113. The van der Waals surface area contributed by atoms with Crippen molar-refractivity contribution in [3.63, 3.8) is 0 Å². The maximum absolute atomic E-state index is 12.2. The largest absolute Gasteiger partial charge is 0.464 e. The van der Waals surface area contributed by atoms with Crippen molar-refractivity contribution in [2.45, 2.75) is 64.8 Å². The predicted octanol–water partition coefficient (Wildman–Crippen LogP) is 4.28. The zero-order valence-electron chi connectivity index (χ0n) is 14.3. The smallest absolute Gasteiger partial charge is 0.313 e. The average Bonchev–Trinajstić information content (AvgIpc) is 2.53. The molecular weight excluding hydrogens is 274 g/mol. The highest BCUT2D eigenvalue weighted by molar-refractivity contribution is 5.78. The molecule has 0 radical (unpaired) electrons. The van der Waals surface area contributed by atoms with Gasteiger partial charge in [0.05, 0.1) is 5.92 Å². The first kappa shape index (κ1) is 18.7. The van der Waals surface area contributed by atoms with E-state index in [9.17, 15) is 4.79 Å². The van der Waals surface area contributed by atoms with Crippen molar-refractivity contribution >= 4 is 5.97 Å². The van der Waals surface area contributed by atoms with Crippen molar-refractivity contribution in [2.24, 2.45) is 0 Å². The molecule has 0 aliphatic rings. The van der Waals surface area contributed by atoms with E-state index in [1.54, 1.807) is 0 Å². The molecule has 0 heterocycles. The molecule has 0 aliphatic carbocycles. The zero-order chi connectivity index (χ0) is 16.2. The van der Waals surface area contributed by atoms with E-state index in [2.05, 4.69) is 19.2 Å². The van der Waals surface area contributed by atoms with Gasteiger partial charge in [-0.1, -0.05) is 63.9 Å². The summed E-state index contributed by atoms with van der Waals surface area (Å²) in [6.07, 6.45) is 5.50. The van der Waals surface area contributed by atoms with E-state index in [1.807, 2.05) is 37.3 Å². The molecule has 0 fully saturated rings. The van der Waals surface area contributed by atoms with Gasteiger partial charge in [-0.15, -0.1) is 0 Å². The lowest BCUT2D eigenvalue weighted by atomic mass is 9.97. The third-order valence-corrected chi connectivity index (χ3v) is 3.95. The summed E-state index contributed by atoms with van der Waals surface area (Å²) in [5.74, 6) is -0.263. The first-order valence-electron chi connectivity index (χ1n) is 8.67. The minimum atomic E-state index is -0.150. The second kappa shape index (κ2) is 11.2. The summed E-state index contributed by atoms with van der Waals surface area (Å²) in [7, 11) is 0. The second-order valence-electron chi connectivity index (χ2n) is 5.77. The molecule has 0 saturated carbocycles. The Morgan fingerprint density at radius 3 is 2.27 bits per heavy atom. The maximum atomic E-state index is 12.2. The average molecular weight is 305 g/mol. The summed E-state index contributed by atoms with van der Waals surface area (Å²) >= 11 is 0. The van der Waals surface area contributed by atoms with Crippen molar-refractivity contribution < 1.29 is 9.53 Å². The Morgan fingerprint density at radius 2 is 1.73 bits per heavy atom. The molecule has 1 atom stereocenters. The summed E-state index contributed by atoms with van der Waals surface area (Å²) in [5.41, 5.74) is 1.04. The van der Waals surface area contributed by atoms with Crippen LogP contribution >= 0.6 is 0 Å². The molecule has 22 heavy (non-hydrogen) atoms. The Bertz CT molecular complexity index is 399. The number of rotatable bonds is 11. The molecule has 3 nitrogen and oxygen atoms in total. The second-order valence-corrected chi connectivity index (χ2v) is 5.77. The summed E-state index contributed by atoms with van der Waals surface area (Å²) in [6.45, 7) is 7.62. The van der Waals surface area contributed by atoms with Gasteiger partial charge < -0.3 is 10.1 Å². The third kappa shape index (κ3) is 6.61. The van der Waals surface area contributed by atoms with Crippen LogP contribution in [0.1, 0.15) is 64.4 Å². The van der Waals surface area contributed by atoms with Crippen LogP contribution in [0.5, 0.6) is 0 Å². The highest BCUT2D eigenvalue weighted by atomic mass is 16.5. The molecule has 0 aromatic heterocycles. The number of hydrogen-bond donors (Lipinski definition) is 1. The van der Waals surface area contributed by atoms with Gasteiger partial charge >= 0.3 is 5.97 Å². The first-order valence-corrected chi connectivity index (χ1v) is 8.67. The molecule has 3 heteroatoms. The van der Waals surface area contributed by atoms with Gasteiger partial charge in [0, 0.05) is 12.6 Å². The topological polar surface area (TPSA) is 38.3 Å². The molecule has 0 aliphatic heterocycles. The van der Waals surface area contributed by atoms with E-state index in [4.69, 9.17) is 4.74 Å². The molecule has 1 N–H and O–H groups in total. The monoisotopic (exact) mass is 305 g/mol. The summed E-state index contributed by atoms with van der Waals surface area (Å²) in [6, 6.07) is 10.4. The fourth-order valence-corrected chi connectivity index (χ4v) is 2.78. The maximum Gasteiger partial charge on any atom is 0.313 e. The number of carbonyl (C=O) groups excluding carboxylic acids is 1. The van der Waals surface area contributed by atoms with Crippen LogP contribution in [0.4, 0.5) is 0 Å². The van der Waals surface area contributed by atoms with E-state index in [-0.39, 0.29) is 11.9 Å². The minimum Gasteiger partial charge on any atom is -0.464 e. The van der Waals surface area contributed by atoms with Gasteiger partial charge in [-0.25, -0.2) is 0 Å². The quantitative estimate of drug-likeness (QED) is 0.490. The number of esters is 1. The Labute approximate surface area is 135 Å². The summed E-state index contributed by atoms with van der Waals surface area (Å²) < 4.78 is 5.45. The molecule has 1 aromatic rings. The zero-order valence-corrected chi connectivity index (χ0v) is 14.3. The number of hydrogen-bond acceptors (Lipinski definition) is 3. The number of benzene rings is 1. The van der Waals surface area contributed by atoms with Crippen LogP contribution in [0.25, 0.3) is 0 Å². The third-order valence-electron chi connectivity index (χ3n) is 3.95. The summed E-state index contributed by atoms with van der Waals surface area (Å²) in [4.78, 5) is 12.2. The van der Waals surface area contributed by atoms with Gasteiger partial charge in [0.15, 0.2) is 0 Å². The van der Waals surface area contributed by atoms with E-state index >= 15 is 0 Å². The lowest BCUT2D eigenvalue weighted by molar-refractivity contribution is -0.145. The van der Waals surface area contributed by atoms with E-state index in [1.165, 1.54) is 25.7 Å². The fourth-order valence-electron chi connectivity index (χ4n) is 2.78. The van der Waals surface area contributed by atoms with Crippen molar-refractivity contribution in [3.8, 4) is 0 Å². The van der Waals surface area contributed by atoms with Crippen molar-refractivity contribution in [1.29, 1.82) is 0 Å². The van der Waals surface area contributed by atoms with Gasteiger partial charge in [0.1, 0.15) is 6.61 Å². The van der Waals surface area contributed by atoms with Crippen LogP contribution in [0.3, 0.4) is 0 Å². The van der Waals surface area contributed by atoms with Gasteiger partial charge in [-0.05, 0) is 24.8 Å². The molecule has 0 spiro atoms. The van der Waals surface area contributed by atoms with Crippen molar-refractivity contribution in [1.82, 2.24) is 5.32 Å². The SMILES string of the molecule is CCCC(CCC)NCCOC(=O)C(CC)c1ccccc1. The Morgan fingerprint density at radius 1 is 1.09 bits per heavy atom. The molecular formula is C19H31NO2. The van der Waals surface area contributed by atoms with Crippen LogP contribution in [0.2, 0.25) is 0 Å². The first-order chi connectivity index (χ1) is 10.7. The highest BCUT2D eigenvalue weighted by Crippen LogP contribution is 2.20. The summed E-state index contributed by atoms with van der Waals surface area (Å²) in [5, 5.41) is 3.50. The Hall–Kier alpha value is -1.35. The molecule has 1 rings (SSSR count). The van der Waals surface area contributed by atoms with Crippen molar-refractivity contribution in [3.05, 3.63) is 35.9 Å². The van der Waals surface area contributed by atoms with E-state index in [0.717, 1.165) is 18.5 Å². The highest BCUT2D eigenvalue weighted by Gasteiger charge is 2.19. The molecule has 0 amide bonds. The molecule has 124 valence electrons. The Balaban J connectivity index is 2.35. The normalized spacial score (nSPS) is 12.4. The van der Waals surface area contributed by atoms with Crippen molar-refractivity contribution in [2.75, 3.05) is 13.2 Å². The molecule has 0 saturated heterocycles. The number of carbonyl (C=O) groups is 1. The fraction of sp³-hybridized carbons (Fsp3) is 0.632. The van der Waals surface area contributed by atoms with Gasteiger partial charge in [-0.3, -0.25) is 4.79 Å². The molecule has 0 bridgehead atoms.